The molecule has 3 rings (SSSR count). The summed E-state index contributed by atoms with van der Waals surface area (Å²) in [6.45, 7) is 1.48. The fraction of sp³-hybridized carbons (Fsp3) is 0.167. The normalized spacial score (nSPS) is 12.6. The van der Waals surface area contributed by atoms with Crippen LogP contribution in [0.3, 0.4) is 0 Å². The molecule has 0 saturated carbocycles. The van der Waals surface area contributed by atoms with Gasteiger partial charge in [0.05, 0.1) is 22.5 Å². The number of aromatic nitrogens is 3. The zero-order valence-electron chi connectivity index (χ0n) is 15.4. The predicted molar refractivity (Wildman–Crippen MR) is 115 cm³/mol. The molecule has 0 spiro atoms. The lowest BCUT2D eigenvalue weighted by Crippen LogP contribution is -2.19. The number of nitrogens with one attached hydrogen (secondary N) is 2. The molecular formula is C18H15F3IN5O2S. The summed E-state index contributed by atoms with van der Waals surface area (Å²) in [6.07, 6.45) is 1.41. The summed E-state index contributed by atoms with van der Waals surface area (Å²) >= 11 is 2.14. The smallest absolute Gasteiger partial charge is 0.360 e. The van der Waals surface area contributed by atoms with Crippen molar-refractivity contribution in [3.05, 3.63) is 52.6 Å². The van der Waals surface area contributed by atoms with Gasteiger partial charge in [0.2, 0.25) is 0 Å². The van der Waals surface area contributed by atoms with Gasteiger partial charge in [-0.25, -0.2) is 13.4 Å². The molecule has 0 bridgehead atoms. The molecule has 12 heteroatoms. The molecular weight excluding hydrogens is 534 g/mol. The van der Waals surface area contributed by atoms with Gasteiger partial charge in [-0.05, 0) is 46.9 Å². The molecule has 3 heterocycles. The zero-order chi connectivity index (χ0) is 22.1. The van der Waals surface area contributed by atoms with Gasteiger partial charge >= 0.3 is 6.18 Å². The van der Waals surface area contributed by atoms with E-state index in [0.29, 0.717) is 17.4 Å². The maximum Gasteiger partial charge on any atom is 0.432 e. The van der Waals surface area contributed by atoms with Crippen molar-refractivity contribution in [3.63, 3.8) is 0 Å². The number of sulfone groups is 1. The van der Waals surface area contributed by atoms with Gasteiger partial charge < -0.3 is 9.72 Å². The molecule has 0 aliphatic rings. The zero-order valence-corrected chi connectivity index (χ0v) is 18.4. The molecule has 30 heavy (non-hydrogen) atoms. The summed E-state index contributed by atoms with van der Waals surface area (Å²) in [6, 6.07) is 4.98. The Balaban J connectivity index is 2.01. The van der Waals surface area contributed by atoms with Gasteiger partial charge in [-0.2, -0.15) is 13.2 Å². The van der Waals surface area contributed by atoms with E-state index >= 15 is 0 Å². The summed E-state index contributed by atoms with van der Waals surface area (Å²) < 4.78 is 65.1. The fourth-order valence-electron chi connectivity index (χ4n) is 2.50. The summed E-state index contributed by atoms with van der Waals surface area (Å²) in [5, 5.41) is 9.44. The molecule has 0 aliphatic heterocycles. The van der Waals surface area contributed by atoms with Gasteiger partial charge in [-0.1, -0.05) is 6.92 Å². The molecule has 0 amide bonds. The number of anilines is 1. The van der Waals surface area contributed by atoms with Crippen LogP contribution in [0.1, 0.15) is 6.92 Å². The maximum atomic E-state index is 12.6. The molecule has 3 aromatic heterocycles. The van der Waals surface area contributed by atoms with Crippen molar-refractivity contribution in [3.8, 4) is 11.4 Å². The number of fused-ring (bicyclic) bond motifs is 1. The van der Waals surface area contributed by atoms with Gasteiger partial charge in [0.25, 0.3) is 0 Å². The first-order valence-electron chi connectivity index (χ1n) is 8.47. The van der Waals surface area contributed by atoms with Crippen LogP contribution in [-0.4, -0.2) is 40.4 Å². The number of hydrogen-bond donors (Lipinski definition) is 2. The Kier molecular flexibility index (Phi) is 6.17. The molecule has 7 nitrogen and oxygen atoms in total. The van der Waals surface area contributed by atoms with E-state index in [0.717, 1.165) is 9.77 Å². The second-order valence-electron chi connectivity index (χ2n) is 6.10. The highest BCUT2D eigenvalue weighted by molar-refractivity contribution is 14.1. The van der Waals surface area contributed by atoms with E-state index in [4.69, 9.17) is 5.41 Å². The van der Waals surface area contributed by atoms with E-state index < -0.39 is 21.7 Å². The summed E-state index contributed by atoms with van der Waals surface area (Å²) in [7, 11) is -3.71. The molecule has 158 valence electrons. The molecule has 0 radical (unpaired) electrons. The number of halogens is 4. The highest BCUT2D eigenvalue weighted by atomic mass is 127. The molecule has 0 aromatic carbocycles. The minimum Gasteiger partial charge on any atom is -0.360 e. The molecule has 0 saturated heterocycles. The van der Waals surface area contributed by atoms with Crippen molar-refractivity contribution in [2.75, 3.05) is 11.1 Å². The minimum atomic E-state index is -4.77. The maximum absolute atomic E-state index is 12.6. The monoisotopic (exact) mass is 549 g/mol. The van der Waals surface area contributed by atoms with Crippen molar-refractivity contribution < 1.29 is 21.6 Å². The van der Waals surface area contributed by atoms with Gasteiger partial charge in [-0.15, -0.1) is 0 Å². The van der Waals surface area contributed by atoms with E-state index in [9.17, 15) is 21.6 Å². The Morgan fingerprint density at radius 2 is 2.10 bits per heavy atom. The predicted octanol–water partition coefficient (Wildman–Crippen LogP) is 4.30. The lowest BCUT2D eigenvalue weighted by molar-refractivity contribution is -0.0584. The van der Waals surface area contributed by atoms with Gasteiger partial charge in [-0.3, -0.25) is 10.4 Å². The minimum absolute atomic E-state index is 0.0904. The second kappa shape index (κ2) is 8.34. The lowest BCUT2D eigenvalue weighted by atomic mass is 10.2. The van der Waals surface area contributed by atoms with Crippen LogP contribution in [0.2, 0.25) is 0 Å². The van der Waals surface area contributed by atoms with Crippen LogP contribution in [-0.2, 0) is 9.84 Å². The SMILES string of the molecule is CCS(=O)(=O)c1cc(N/C=C\C(=N)C(F)(F)F)cnc1-c1cn2ccc(I)cc2n1. The van der Waals surface area contributed by atoms with Crippen LogP contribution in [0.5, 0.6) is 0 Å². The van der Waals surface area contributed by atoms with Crippen molar-refractivity contribution in [2.24, 2.45) is 0 Å². The summed E-state index contributed by atoms with van der Waals surface area (Å²) in [5.41, 5.74) is -0.261. The van der Waals surface area contributed by atoms with Crippen LogP contribution < -0.4 is 5.32 Å². The van der Waals surface area contributed by atoms with E-state index in [1.54, 1.807) is 16.8 Å². The number of nitrogens with zero attached hydrogens (tertiary/aromatic N) is 3. The average molecular weight is 549 g/mol. The first-order valence-corrected chi connectivity index (χ1v) is 11.2. The first kappa shape index (κ1) is 22.2. The second-order valence-corrected chi connectivity index (χ2v) is 9.59. The Bertz CT molecular complexity index is 1250. The third kappa shape index (κ3) is 4.80. The highest BCUT2D eigenvalue weighted by Crippen LogP contribution is 2.28. The molecule has 0 aliphatic carbocycles. The molecule has 0 fully saturated rings. The number of rotatable bonds is 6. The Labute approximate surface area is 183 Å². The Morgan fingerprint density at radius 3 is 2.77 bits per heavy atom. The van der Waals surface area contributed by atoms with Gasteiger partial charge in [0, 0.05) is 22.2 Å². The van der Waals surface area contributed by atoms with E-state index in [1.807, 2.05) is 12.1 Å². The van der Waals surface area contributed by atoms with Crippen LogP contribution in [0.25, 0.3) is 17.0 Å². The highest BCUT2D eigenvalue weighted by Gasteiger charge is 2.32. The number of alkyl halides is 3. The van der Waals surface area contributed by atoms with E-state index in [1.165, 1.54) is 19.2 Å². The van der Waals surface area contributed by atoms with Crippen LogP contribution in [0.15, 0.2) is 54.0 Å². The topological polar surface area (TPSA) is 100 Å². The van der Waals surface area contributed by atoms with Gasteiger partial charge in [0.15, 0.2) is 9.84 Å². The molecule has 3 aromatic rings. The fourth-order valence-corrected chi connectivity index (χ4v) is 4.00. The Hall–Kier alpha value is -2.48. The lowest BCUT2D eigenvalue weighted by Gasteiger charge is -2.09. The molecule has 0 atom stereocenters. The molecule has 2 N–H and O–H groups in total. The van der Waals surface area contributed by atoms with Crippen molar-refractivity contribution >= 4 is 49.5 Å². The molecule has 0 unspecified atom stereocenters. The first-order chi connectivity index (χ1) is 14.0. The van der Waals surface area contributed by atoms with E-state index in [-0.39, 0.29) is 22.0 Å². The van der Waals surface area contributed by atoms with Gasteiger partial charge in [0.1, 0.15) is 22.7 Å². The standard InChI is InChI=1S/C18H15F3IN5O2S/c1-2-30(28,29)14-8-12(24-5-3-15(23)18(19,20)21)9-25-17(14)13-10-27-6-4-11(22)7-16(27)26-13/h3-10,23-24H,2H2,1H3/b5-3-,23-15?. The number of pyridine rings is 2. The number of hydrogen-bond acceptors (Lipinski definition) is 6. The quantitative estimate of drug-likeness (QED) is 0.353. The van der Waals surface area contributed by atoms with Crippen molar-refractivity contribution in [2.45, 2.75) is 18.0 Å². The van der Waals surface area contributed by atoms with Crippen molar-refractivity contribution in [1.29, 1.82) is 5.41 Å². The summed E-state index contributed by atoms with van der Waals surface area (Å²) in [4.78, 5) is 8.55. The third-order valence-corrected chi connectivity index (χ3v) is 6.45. The summed E-state index contributed by atoms with van der Waals surface area (Å²) in [5.74, 6) is -0.190. The Morgan fingerprint density at radius 1 is 1.37 bits per heavy atom. The number of allylic oxidation sites excluding steroid dienone is 1. The third-order valence-electron chi connectivity index (χ3n) is 4.04. The number of imidazole rings is 1. The van der Waals surface area contributed by atoms with Crippen LogP contribution in [0, 0.1) is 8.98 Å². The van der Waals surface area contributed by atoms with Crippen LogP contribution >= 0.6 is 22.6 Å². The largest absolute Gasteiger partial charge is 0.432 e. The van der Waals surface area contributed by atoms with Crippen LogP contribution in [0.4, 0.5) is 18.9 Å². The average Bonchev–Trinajstić information content (AvgIpc) is 3.10. The van der Waals surface area contributed by atoms with E-state index in [2.05, 4.69) is 37.9 Å². The van der Waals surface area contributed by atoms with Crippen molar-refractivity contribution in [1.82, 2.24) is 14.4 Å².